The highest BCUT2D eigenvalue weighted by Crippen LogP contribution is 2.06. The van der Waals surface area contributed by atoms with Crippen molar-refractivity contribution in [2.45, 2.75) is 58.8 Å². The van der Waals surface area contributed by atoms with Crippen LogP contribution in [0.1, 0.15) is 58.8 Å². The van der Waals surface area contributed by atoms with Crippen LogP contribution in [0.3, 0.4) is 0 Å². The van der Waals surface area contributed by atoms with Gasteiger partial charge in [0, 0.05) is 5.71 Å². The van der Waals surface area contributed by atoms with E-state index in [4.69, 9.17) is 5.73 Å². The minimum Gasteiger partial charge on any atom is -0.350 e. The zero-order valence-electron chi connectivity index (χ0n) is 9.88. The number of hydrogen-bond donors (Lipinski definition) is 2. The van der Waals surface area contributed by atoms with Crippen LogP contribution in [0.2, 0.25) is 0 Å². The number of nitrogens with two attached hydrogens (primary N) is 1. The van der Waals surface area contributed by atoms with Gasteiger partial charge in [0.15, 0.2) is 0 Å². The van der Waals surface area contributed by atoms with Crippen LogP contribution in [-0.2, 0) is 0 Å². The number of carbonyl (C=O) groups is 1. The minimum atomic E-state index is -0.591. The number of carbonyl (C=O) groups excluding carboxylic acids is 1. The van der Waals surface area contributed by atoms with Crippen LogP contribution in [0.15, 0.2) is 5.10 Å². The van der Waals surface area contributed by atoms with Gasteiger partial charge in [-0.1, -0.05) is 39.5 Å². The van der Waals surface area contributed by atoms with Gasteiger partial charge < -0.3 is 5.73 Å². The lowest BCUT2D eigenvalue weighted by Crippen LogP contribution is -2.25. The van der Waals surface area contributed by atoms with Gasteiger partial charge in [-0.05, 0) is 19.3 Å². The molecule has 0 spiro atoms. The van der Waals surface area contributed by atoms with Gasteiger partial charge in [0.25, 0.3) is 0 Å². The monoisotopic (exact) mass is 213 g/mol. The number of rotatable bonds is 8. The second-order valence-electron chi connectivity index (χ2n) is 3.67. The molecule has 0 atom stereocenters. The zero-order valence-corrected chi connectivity index (χ0v) is 9.88. The molecule has 0 unspecified atom stereocenters. The maximum atomic E-state index is 10.4. The standard InChI is InChI=1S/C11H23N3O/c1-3-5-6-7-8-9-10(4-2)13-14-11(12)15/h3-9H2,1-2H3,(H3,12,14,15). The van der Waals surface area contributed by atoms with Gasteiger partial charge in [-0.25, -0.2) is 10.2 Å². The van der Waals surface area contributed by atoms with Crippen LogP contribution in [0.25, 0.3) is 0 Å². The van der Waals surface area contributed by atoms with Gasteiger partial charge in [0.1, 0.15) is 0 Å². The van der Waals surface area contributed by atoms with Crippen LogP contribution in [0.5, 0.6) is 0 Å². The van der Waals surface area contributed by atoms with Crippen LogP contribution in [-0.4, -0.2) is 11.7 Å². The molecule has 0 aromatic carbocycles. The third-order valence-corrected chi connectivity index (χ3v) is 2.30. The maximum absolute atomic E-state index is 10.4. The molecule has 0 rings (SSSR count). The number of primary amides is 1. The van der Waals surface area contributed by atoms with Crippen LogP contribution >= 0.6 is 0 Å². The fourth-order valence-electron chi connectivity index (χ4n) is 1.38. The minimum absolute atomic E-state index is 0.591. The van der Waals surface area contributed by atoms with Crippen LogP contribution in [0.4, 0.5) is 4.79 Å². The lowest BCUT2D eigenvalue weighted by molar-refractivity contribution is 0.249. The molecule has 0 radical (unpaired) electrons. The summed E-state index contributed by atoms with van der Waals surface area (Å²) in [6.45, 7) is 4.24. The highest BCUT2D eigenvalue weighted by atomic mass is 16.2. The summed E-state index contributed by atoms with van der Waals surface area (Å²) in [5.74, 6) is 0. The Morgan fingerprint density at radius 2 is 1.87 bits per heavy atom. The first kappa shape index (κ1) is 13.9. The van der Waals surface area contributed by atoms with Gasteiger partial charge in [0.2, 0.25) is 0 Å². The lowest BCUT2D eigenvalue weighted by Gasteiger charge is -2.03. The van der Waals surface area contributed by atoms with Crippen LogP contribution < -0.4 is 11.2 Å². The molecule has 0 bridgehead atoms. The number of unbranched alkanes of at least 4 members (excludes halogenated alkanes) is 4. The van der Waals surface area contributed by atoms with Gasteiger partial charge in [-0.2, -0.15) is 5.10 Å². The van der Waals surface area contributed by atoms with Crippen molar-refractivity contribution in [3.05, 3.63) is 0 Å². The van der Waals surface area contributed by atoms with Crippen molar-refractivity contribution in [3.63, 3.8) is 0 Å². The van der Waals surface area contributed by atoms with Gasteiger partial charge >= 0.3 is 6.03 Å². The predicted molar refractivity (Wildman–Crippen MR) is 63.8 cm³/mol. The molecule has 0 saturated heterocycles. The summed E-state index contributed by atoms with van der Waals surface area (Å²) in [5, 5.41) is 3.95. The summed E-state index contributed by atoms with van der Waals surface area (Å²) in [6.07, 6.45) is 8.07. The van der Waals surface area contributed by atoms with Gasteiger partial charge in [0.05, 0.1) is 0 Å². The summed E-state index contributed by atoms with van der Waals surface area (Å²) < 4.78 is 0. The quantitative estimate of drug-likeness (QED) is 0.363. The van der Waals surface area contributed by atoms with E-state index in [1.807, 2.05) is 6.92 Å². The number of urea groups is 1. The summed E-state index contributed by atoms with van der Waals surface area (Å²) in [5.41, 5.74) is 8.23. The van der Waals surface area contributed by atoms with E-state index in [0.29, 0.717) is 0 Å². The van der Waals surface area contributed by atoms with Crippen molar-refractivity contribution < 1.29 is 4.79 Å². The molecule has 4 heteroatoms. The summed E-state index contributed by atoms with van der Waals surface area (Å²) in [4.78, 5) is 10.4. The lowest BCUT2D eigenvalue weighted by atomic mass is 10.1. The Hall–Kier alpha value is -1.06. The summed E-state index contributed by atoms with van der Waals surface area (Å²) in [6, 6.07) is -0.591. The van der Waals surface area contributed by atoms with Crippen molar-refractivity contribution in [1.82, 2.24) is 5.43 Å². The SMILES string of the molecule is CCCCCCCC(CC)=NNC(N)=O. The number of nitrogens with one attached hydrogen (secondary N) is 1. The normalized spacial score (nSPS) is 11.5. The molecule has 2 amide bonds. The Morgan fingerprint density at radius 1 is 1.20 bits per heavy atom. The molecule has 0 saturated carbocycles. The van der Waals surface area contributed by atoms with E-state index < -0.39 is 6.03 Å². The fourth-order valence-corrected chi connectivity index (χ4v) is 1.38. The first-order chi connectivity index (χ1) is 7.20. The van der Waals surface area contributed by atoms with Crippen LogP contribution in [0, 0.1) is 0 Å². The Balaban J connectivity index is 3.61. The predicted octanol–water partition coefficient (Wildman–Crippen LogP) is 2.78. The van der Waals surface area contributed by atoms with Crippen molar-refractivity contribution >= 4 is 11.7 Å². The van der Waals surface area contributed by atoms with E-state index in [1.54, 1.807) is 0 Å². The molecule has 0 aliphatic rings. The highest BCUT2D eigenvalue weighted by molar-refractivity contribution is 5.85. The average Bonchev–Trinajstić information content (AvgIpc) is 2.22. The Morgan fingerprint density at radius 3 is 2.40 bits per heavy atom. The molecule has 0 aromatic rings. The largest absolute Gasteiger partial charge is 0.350 e. The Bertz CT molecular complexity index is 202. The third-order valence-electron chi connectivity index (χ3n) is 2.30. The van der Waals surface area contributed by atoms with Gasteiger partial charge in [-0.15, -0.1) is 0 Å². The van der Waals surface area contributed by atoms with Gasteiger partial charge in [-0.3, -0.25) is 0 Å². The first-order valence-electron chi connectivity index (χ1n) is 5.81. The molecule has 0 fully saturated rings. The number of nitrogens with zero attached hydrogens (tertiary/aromatic N) is 1. The Kier molecular flexibility index (Phi) is 8.82. The highest BCUT2D eigenvalue weighted by Gasteiger charge is 1.97. The van der Waals surface area contributed by atoms with E-state index in [-0.39, 0.29) is 0 Å². The zero-order chi connectivity index (χ0) is 11.5. The molecular formula is C11H23N3O. The summed E-state index contributed by atoms with van der Waals surface area (Å²) in [7, 11) is 0. The molecule has 0 heterocycles. The molecule has 0 aliphatic carbocycles. The van der Waals surface area contributed by atoms with Crippen molar-refractivity contribution in [2.24, 2.45) is 10.8 Å². The maximum Gasteiger partial charge on any atom is 0.332 e. The molecular weight excluding hydrogens is 190 g/mol. The number of hydrogen-bond acceptors (Lipinski definition) is 2. The molecule has 0 aromatic heterocycles. The van der Waals surface area contributed by atoms with Crippen molar-refractivity contribution in [3.8, 4) is 0 Å². The summed E-state index contributed by atoms with van der Waals surface area (Å²) >= 11 is 0. The smallest absolute Gasteiger partial charge is 0.332 e. The molecule has 88 valence electrons. The second-order valence-corrected chi connectivity index (χ2v) is 3.67. The van der Waals surface area contributed by atoms with E-state index >= 15 is 0 Å². The van der Waals surface area contributed by atoms with E-state index in [9.17, 15) is 4.79 Å². The van der Waals surface area contributed by atoms with Crippen molar-refractivity contribution in [1.29, 1.82) is 0 Å². The van der Waals surface area contributed by atoms with E-state index in [1.165, 1.54) is 25.7 Å². The number of amides is 2. The first-order valence-corrected chi connectivity index (χ1v) is 5.81. The molecule has 15 heavy (non-hydrogen) atoms. The average molecular weight is 213 g/mol. The molecule has 3 N–H and O–H groups in total. The molecule has 0 aliphatic heterocycles. The fraction of sp³-hybridized carbons (Fsp3) is 0.818. The second kappa shape index (κ2) is 9.49. The van der Waals surface area contributed by atoms with Crippen molar-refractivity contribution in [2.75, 3.05) is 0 Å². The van der Waals surface area contributed by atoms with E-state index in [2.05, 4.69) is 17.5 Å². The topological polar surface area (TPSA) is 67.5 Å². The van der Waals surface area contributed by atoms with E-state index in [0.717, 1.165) is 25.0 Å². The Labute approximate surface area is 92.3 Å². The third kappa shape index (κ3) is 9.25. The number of hydrazone groups is 1. The molecule has 4 nitrogen and oxygen atoms in total.